The Morgan fingerprint density at radius 2 is 1.84 bits per heavy atom. The van der Waals surface area contributed by atoms with E-state index in [9.17, 15) is 13.7 Å². The summed E-state index contributed by atoms with van der Waals surface area (Å²) in [5, 5.41) is 11.5. The van der Waals surface area contributed by atoms with Crippen LogP contribution in [0.25, 0.3) is 0 Å². The number of aliphatic imine (C=N–C) groups is 1. The predicted molar refractivity (Wildman–Crippen MR) is 115 cm³/mol. The fraction of sp³-hybridized carbons (Fsp3) is 0.208. The molecule has 0 amide bonds. The number of nitroso groups, excluding NO2 is 1. The van der Waals surface area contributed by atoms with Gasteiger partial charge in [0.1, 0.15) is 11.6 Å². The summed E-state index contributed by atoms with van der Waals surface area (Å²) in [5.41, 5.74) is -2.91. The van der Waals surface area contributed by atoms with Gasteiger partial charge in [0.2, 0.25) is 0 Å². The van der Waals surface area contributed by atoms with Crippen LogP contribution in [0.4, 0.5) is 17.6 Å². The molecule has 2 aromatic rings. The van der Waals surface area contributed by atoms with Crippen LogP contribution in [0.15, 0.2) is 77.1 Å². The first kappa shape index (κ1) is 24.7. The summed E-state index contributed by atoms with van der Waals surface area (Å²) >= 11 is 0. The molecule has 0 bridgehead atoms. The molecule has 0 saturated carbocycles. The van der Waals surface area contributed by atoms with Gasteiger partial charge in [0.05, 0.1) is 12.3 Å². The van der Waals surface area contributed by atoms with Crippen molar-refractivity contribution in [2.45, 2.75) is 31.9 Å². The molecule has 0 aliphatic heterocycles. The minimum Gasteiger partial charge on any atom is -0.392 e. The van der Waals surface area contributed by atoms with E-state index in [4.69, 9.17) is 5.11 Å². The summed E-state index contributed by atoms with van der Waals surface area (Å²) in [5.74, 6) is -0.762. The van der Waals surface area contributed by atoms with Crippen LogP contribution in [0.5, 0.6) is 0 Å². The van der Waals surface area contributed by atoms with E-state index in [1.807, 2.05) is 0 Å². The van der Waals surface area contributed by atoms with Gasteiger partial charge < -0.3 is 5.11 Å². The van der Waals surface area contributed by atoms with Crippen LogP contribution < -0.4 is 0 Å². The van der Waals surface area contributed by atoms with Gasteiger partial charge in [0.15, 0.2) is 5.54 Å². The third kappa shape index (κ3) is 5.18. The van der Waals surface area contributed by atoms with Crippen molar-refractivity contribution >= 4 is 5.71 Å². The van der Waals surface area contributed by atoms with Crippen LogP contribution in [0.1, 0.15) is 30.5 Å². The average molecular weight is 444 g/mol. The molecular formula is C24H20F4N2O2. The Kier molecular flexibility index (Phi) is 7.84. The molecule has 0 fully saturated rings. The molecule has 0 saturated heterocycles. The summed E-state index contributed by atoms with van der Waals surface area (Å²) in [4.78, 5) is 15.1. The van der Waals surface area contributed by atoms with E-state index in [2.05, 4.69) is 28.6 Å². The van der Waals surface area contributed by atoms with Crippen molar-refractivity contribution in [1.29, 1.82) is 0 Å². The summed E-state index contributed by atoms with van der Waals surface area (Å²) in [6.07, 6.45) is 2.35. The number of alkyl halides is 2. The third-order valence-corrected chi connectivity index (χ3v) is 4.81. The lowest BCUT2D eigenvalue weighted by atomic mass is 9.83. The van der Waals surface area contributed by atoms with E-state index in [1.54, 1.807) is 24.3 Å². The zero-order valence-electron chi connectivity index (χ0n) is 17.4. The number of hydrogen-bond donors (Lipinski definition) is 1. The number of aliphatic hydroxyl groups is 1. The molecule has 1 unspecified atom stereocenters. The van der Waals surface area contributed by atoms with E-state index in [0.717, 1.165) is 32.2 Å². The molecule has 166 valence electrons. The number of allylic oxidation sites excluding steroid dienone is 2. The molecule has 2 aromatic carbocycles. The molecule has 0 radical (unpaired) electrons. The van der Waals surface area contributed by atoms with Crippen LogP contribution in [0, 0.1) is 28.4 Å². The highest BCUT2D eigenvalue weighted by Gasteiger charge is 2.56. The van der Waals surface area contributed by atoms with Gasteiger partial charge in [-0.25, -0.2) is 8.78 Å². The minimum absolute atomic E-state index is 0.107. The topological polar surface area (TPSA) is 62.0 Å². The molecule has 0 aromatic heterocycles. The van der Waals surface area contributed by atoms with Crippen molar-refractivity contribution in [2.75, 3.05) is 0 Å². The van der Waals surface area contributed by atoms with Crippen molar-refractivity contribution in [2.24, 2.45) is 10.2 Å². The number of rotatable bonds is 7. The maximum Gasteiger partial charge on any atom is 0.317 e. The second kappa shape index (κ2) is 10.2. The highest BCUT2D eigenvalue weighted by Crippen LogP contribution is 2.43. The highest BCUT2D eigenvalue weighted by atomic mass is 19.3. The monoisotopic (exact) mass is 444 g/mol. The number of nitrogens with zero attached hydrogens (tertiary/aromatic N) is 2. The van der Waals surface area contributed by atoms with Crippen LogP contribution in [-0.2, 0) is 12.1 Å². The first-order valence-electron chi connectivity index (χ1n) is 9.36. The lowest BCUT2D eigenvalue weighted by molar-refractivity contribution is -0.00341. The molecule has 32 heavy (non-hydrogen) atoms. The largest absolute Gasteiger partial charge is 0.392 e. The second-order valence-electron chi connectivity index (χ2n) is 6.97. The van der Waals surface area contributed by atoms with Crippen LogP contribution >= 0.6 is 0 Å². The lowest BCUT2D eigenvalue weighted by Crippen LogP contribution is -2.47. The summed E-state index contributed by atoms with van der Waals surface area (Å²) in [6, 6.07) is 8.66. The van der Waals surface area contributed by atoms with Gasteiger partial charge >= 0.3 is 5.92 Å². The first-order chi connectivity index (χ1) is 15.1. The number of halogens is 4. The molecule has 0 aliphatic carbocycles. The molecule has 0 aliphatic rings. The quantitative estimate of drug-likeness (QED) is 0.197. The predicted octanol–water partition coefficient (Wildman–Crippen LogP) is 5.66. The van der Waals surface area contributed by atoms with E-state index >= 15 is 8.78 Å². The van der Waals surface area contributed by atoms with E-state index in [1.165, 1.54) is 6.08 Å². The Hall–Kier alpha value is -3.57. The number of benzene rings is 2. The number of hydrogen-bond acceptors (Lipinski definition) is 4. The molecule has 0 heterocycles. The molecule has 4 nitrogen and oxygen atoms in total. The van der Waals surface area contributed by atoms with Gasteiger partial charge in [0, 0.05) is 29.0 Å². The van der Waals surface area contributed by atoms with E-state index in [-0.39, 0.29) is 12.2 Å². The van der Waals surface area contributed by atoms with E-state index < -0.39 is 34.4 Å². The van der Waals surface area contributed by atoms with Crippen molar-refractivity contribution in [3.05, 3.63) is 100 Å². The van der Waals surface area contributed by atoms with Gasteiger partial charge in [-0.2, -0.15) is 8.78 Å². The number of aliphatic hydroxyl groups excluding tert-OH is 1. The maximum absolute atomic E-state index is 15.1. The average Bonchev–Trinajstić information content (AvgIpc) is 2.78. The van der Waals surface area contributed by atoms with Gasteiger partial charge in [-0.3, -0.25) is 4.99 Å². The molecule has 0 spiro atoms. The zero-order chi connectivity index (χ0) is 23.9. The van der Waals surface area contributed by atoms with Crippen LogP contribution in [0.2, 0.25) is 0 Å². The standard InChI is InChI=1S/C24H20F4N2O2/c1-4-17(5-6-18-7-9-19(15-31)10-8-18)14-29-16(2)24(27,28)23(3,30-32)21-12-11-20(25)13-22(21)26/h4,7-14,31H,1,15H2,2-3H3/b17-14+,29-16?. The smallest absolute Gasteiger partial charge is 0.317 e. The van der Waals surface area contributed by atoms with Crippen LogP contribution in [0.3, 0.4) is 0 Å². The fourth-order valence-electron chi connectivity index (χ4n) is 2.73. The Bertz CT molecular complexity index is 1130. The third-order valence-electron chi connectivity index (χ3n) is 4.81. The maximum atomic E-state index is 15.1. The normalized spacial score (nSPS) is 14.2. The Labute approximate surface area is 183 Å². The zero-order valence-corrected chi connectivity index (χ0v) is 17.4. The highest BCUT2D eigenvalue weighted by molar-refractivity contribution is 5.91. The molecule has 1 N–H and O–H groups in total. The fourth-order valence-corrected chi connectivity index (χ4v) is 2.73. The van der Waals surface area contributed by atoms with E-state index in [0.29, 0.717) is 17.2 Å². The molecule has 1 atom stereocenters. The van der Waals surface area contributed by atoms with Gasteiger partial charge in [-0.15, -0.1) is 4.91 Å². The summed E-state index contributed by atoms with van der Waals surface area (Å²) in [7, 11) is 0. The van der Waals surface area contributed by atoms with Gasteiger partial charge in [-0.1, -0.05) is 47.9 Å². The Morgan fingerprint density at radius 3 is 2.38 bits per heavy atom. The van der Waals surface area contributed by atoms with Gasteiger partial charge in [0.25, 0.3) is 0 Å². The lowest BCUT2D eigenvalue weighted by Gasteiger charge is -2.31. The van der Waals surface area contributed by atoms with Gasteiger partial charge in [-0.05, 0) is 37.6 Å². The van der Waals surface area contributed by atoms with Crippen molar-refractivity contribution < 1.29 is 22.7 Å². The summed E-state index contributed by atoms with van der Waals surface area (Å²) in [6.45, 7) is 5.17. The van der Waals surface area contributed by atoms with Crippen molar-refractivity contribution in [3.63, 3.8) is 0 Å². The molecule has 8 heteroatoms. The second-order valence-corrected chi connectivity index (χ2v) is 6.97. The minimum atomic E-state index is -4.00. The molecular weight excluding hydrogens is 424 g/mol. The van der Waals surface area contributed by atoms with Crippen molar-refractivity contribution in [1.82, 2.24) is 0 Å². The van der Waals surface area contributed by atoms with Crippen LogP contribution in [-0.4, -0.2) is 16.7 Å². The SMILES string of the molecule is C=C/C(C#Cc1ccc(CO)cc1)=C\N=C(C)C(F)(F)C(C)(N=O)c1ccc(F)cc1F. The summed E-state index contributed by atoms with van der Waals surface area (Å²) < 4.78 is 57.5. The Balaban J connectivity index is 2.38. The first-order valence-corrected chi connectivity index (χ1v) is 9.36. The molecule has 2 rings (SSSR count). The Morgan fingerprint density at radius 1 is 1.19 bits per heavy atom. The van der Waals surface area contributed by atoms with Crippen molar-refractivity contribution in [3.8, 4) is 11.8 Å².